The van der Waals surface area contributed by atoms with Crippen molar-refractivity contribution in [2.45, 2.75) is 0 Å². The highest BCUT2D eigenvalue weighted by molar-refractivity contribution is 5.83. The van der Waals surface area contributed by atoms with Gasteiger partial charge in [-0.2, -0.15) is 5.26 Å². The third-order valence-electron chi connectivity index (χ3n) is 3.56. The first-order chi connectivity index (χ1) is 12.0. The van der Waals surface area contributed by atoms with E-state index in [0.29, 0.717) is 28.2 Å². The number of nitro groups is 1. The second kappa shape index (κ2) is 7.84. The van der Waals surface area contributed by atoms with E-state index in [-0.39, 0.29) is 11.4 Å². The molecule has 0 N–H and O–H groups in total. The molecule has 25 heavy (non-hydrogen) atoms. The van der Waals surface area contributed by atoms with E-state index in [0.717, 1.165) is 0 Å². The number of hydrogen-bond acceptors (Lipinski definition) is 6. The Hall–Kier alpha value is -3.53. The molecular weight excluding hydrogens is 324 g/mol. The van der Waals surface area contributed by atoms with Gasteiger partial charge in [0.05, 0.1) is 32.3 Å². The largest absolute Gasteiger partial charge is 0.497 e. The summed E-state index contributed by atoms with van der Waals surface area (Å²) in [5.41, 5.74) is 1.69. The van der Waals surface area contributed by atoms with Crippen molar-refractivity contribution in [3.8, 4) is 23.3 Å². The van der Waals surface area contributed by atoms with Crippen LogP contribution in [0, 0.1) is 21.4 Å². The third-order valence-corrected chi connectivity index (χ3v) is 3.56. The number of benzene rings is 2. The number of nitro benzene ring substituents is 1. The molecule has 7 heteroatoms. The van der Waals surface area contributed by atoms with Crippen molar-refractivity contribution in [1.29, 1.82) is 5.26 Å². The second-order valence-electron chi connectivity index (χ2n) is 4.93. The number of rotatable bonds is 6. The van der Waals surface area contributed by atoms with Crippen molar-refractivity contribution in [3.63, 3.8) is 0 Å². The molecule has 0 radical (unpaired) electrons. The molecule has 128 valence electrons. The Kier molecular flexibility index (Phi) is 5.58. The zero-order valence-corrected chi connectivity index (χ0v) is 14.0. The molecule has 0 aliphatic carbocycles. The fourth-order valence-electron chi connectivity index (χ4n) is 2.36. The number of ether oxygens (including phenoxy) is 3. The minimum Gasteiger partial charge on any atom is -0.497 e. The maximum Gasteiger partial charge on any atom is 0.310 e. The van der Waals surface area contributed by atoms with Gasteiger partial charge in [-0.1, -0.05) is 0 Å². The van der Waals surface area contributed by atoms with Gasteiger partial charge in [0.25, 0.3) is 0 Å². The number of methoxy groups -OCH3 is 3. The lowest BCUT2D eigenvalue weighted by atomic mass is 9.96. The van der Waals surface area contributed by atoms with Gasteiger partial charge >= 0.3 is 5.69 Å². The Labute approximate surface area is 144 Å². The number of nitrogens with zero attached hydrogens (tertiary/aromatic N) is 2. The molecule has 7 nitrogen and oxygen atoms in total. The standard InChI is InChI=1S/C18H16N2O5/c1-23-14-8-13(9-15(11-14)24-2)16(6-7-19)12-4-5-17(20(21)22)18(10-12)25-3/h4-6,8-11H,1-3H3/b16-6-. The fourth-order valence-corrected chi connectivity index (χ4v) is 2.36. The van der Waals surface area contributed by atoms with Crippen LogP contribution in [0.25, 0.3) is 5.57 Å². The lowest BCUT2D eigenvalue weighted by molar-refractivity contribution is -0.385. The smallest absolute Gasteiger partial charge is 0.310 e. The summed E-state index contributed by atoms with van der Waals surface area (Å²) in [4.78, 5) is 10.5. The summed E-state index contributed by atoms with van der Waals surface area (Å²) in [6.45, 7) is 0. The highest BCUT2D eigenvalue weighted by atomic mass is 16.6. The topological polar surface area (TPSA) is 94.6 Å². The van der Waals surface area contributed by atoms with E-state index in [1.54, 1.807) is 24.3 Å². The van der Waals surface area contributed by atoms with E-state index < -0.39 is 4.92 Å². The van der Waals surface area contributed by atoms with Gasteiger partial charge in [-0.05, 0) is 41.0 Å². The van der Waals surface area contributed by atoms with E-state index in [2.05, 4.69) is 0 Å². The van der Waals surface area contributed by atoms with Crippen LogP contribution >= 0.6 is 0 Å². The minimum atomic E-state index is -0.523. The normalized spacial score (nSPS) is 10.7. The molecule has 0 spiro atoms. The zero-order valence-electron chi connectivity index (χ0n) is 14.0. The fraction of sp³-hybridized carbons (Fsp3) is 0.167. The van der Waals surface area contributed by atoms with Gasteiger partial charge in [-0.25, -0.2) is 0 Å². The predicted molar refractivity (Wildman–Crippen MR) is 91.9 cm³/mol. The quantitative estimate of drug-likeness (QED) is 0.453. The molecule has 0 aliphatic rings. The molecule has 0 aliphatic heterocycles. The maximum atomic E-state index is 11.1. The molecule has 0 amide bonds. The van der Waals surface area contributed by atoms with Crippen molar-refractivity contribution in [2.24, 2.45) is 0 Å². The number of allylic oxidation sites excluding steroid dienone is 1. The van der Waals surface area contributed by atoms with Crippen molar-refractivity contribution < 1.29 is 19.1 Å². The molecule has 0 fully saturated rings. The van der Waals surface area contributed by atoms with Gasteiger partial charge in [0.15, 0.2) is 5.75 Å². The Morgan fingerprint density at radius 1 is 1.04 bits per heavy atom. The van der Waals surface area contributed by atoms with Gasteiger partial charge in [0, 0.05) is 18.2 Å². The first-order valence-corrected chi connectivity index (χ1v) is 7.20. The van der Waals surface area contributed by atoms with Crippen molar-refractivity contribution in [1.82, 2.24) is 0 Å². The molecule has 0 saturated heterocycles. The number of hydrogen-bond donors (Lipinski definition) is 0. The van der Waals surface area contributed by atoms with Gasteiger partial charge < -0.3 is 14.2 Å². The van der Waals surface area contributed by atoms with Crippen LogP contribution < -0.4 is 14.2 Å². The van der Waals surface area contributed by atoms with E-state index >= 15 is 0 Å². The van der Waals surface area contributed by atoms with Crippen LogP contribution in [0.5, 0.6) is 17.2 Å². The van der Waals surface area contributed by atoms with Crippen LogP contribution in [0.4, 0.5) is 5.69 Å². The summed E-state index contributed by atoms with van der Waals surface area (Å²) in [6.07, 6.45) is 1.36. The summed E-state index contributed by atoms with van der Waals surface area (Å²) in [7, 11) is 4.41. The van der Waals surface area contributed by atoms with Gasteiger partial charge in [0.1, 0.15) is 11.5 Å². The lowest BCUT2D eigenvalue weighted by Gasteiger charge is -2.12. The molecule has 0 heterocycles. The Bertz CT molecular complexity index is 846. The van der Waals surface area contributed by atoms with Crippen molar-refractivity contribution in [2.75, 3.05) is 21.3 Å². The SMILES string of the molecule is COc1cc(OC)cc(/C(=C\C#N)c2ccc([N+](=O)[O-])c(OC)c2)c1. The summed E-state index contributed by atoms with van der Waals surface area (Å²) in [5, 5.41) is 20.2. The average Bonchev–Trinajstić information content (AvgIpc) is 2.64. The van der Waals surface area contributed by atoms with Gasteiger partial charge in [0.2, 0.25) is 0 Å². The molecule has 0 saturated carbocycles. The van der Waals surface area contributed by atoms with Crippen LogP contribution in [0.15, 0.2) is 42.5 Å². The van der Waals surface area contributed by atoms with E-state index in [9.17, 15) is 10.1 Å². The highest BCUT2D eigenvalue weighted by Gasteiger charge is 2.17. The molecule has 0 aromatic heterocycles. The molecule has 2 aromatic rings. The molecule has 0 bridgehead atoms. The monoisotopic (exact) mass is 340 g/mol. The summed E-state index contributed by atoms with van der Waals surface area (Å²) in [5.74, 6) is 1.24. The molecule has 0 atom stereocenters. The summed E-state index contributed by atoms with van der Waals surface area (Å²) in [6, 6.07) is 11.6. The second-order valence-corrected chi connectivity index (χ2v) is 4.93. The summed E-state index contributed by atoms with van der Waals surface area (Å²) < 4.78 is 15.6. The van der Waals surface area contributed by atoms with Gasteiger partial charge in [-0.15, -0.1) is 0 Å². The van der Waals surface area contributed by atoms with E-state index in [1.165, 1.54) is 39.5 Å². The Balaban J connectivity index is 2.62. The van der Waals surface area contributed by atoms with Crippen molar-refractivity contribution >= 4 is 11.3 Å². The minimum absolute atomic E-state index is 0.112. The third kappa shape index (κ3) is 3.87. The lowest BCUT2D eigenvalue weighted by Crippen LogP contribution is -1.97. The van der Waals surface area contributed by atoms with Crippen molar-refractivity contribution in [3.05, 3.63) is 63.7 Å². The first-order valence-electron chi connectivity index (χ1n) is 7.20. The zero-order chi connectivity index (χ0) is 18.4. The molecule has 0 unspecified atom stereocenters. The molecular formula is C18H16N2O5. The van der Waals surface area contributed by atoms with Crippen LogP contribution in [-0.4, -0.2) is 26.3 Å². The van der Waals surface area contributed by atoms with Crippen LogP contribution in [0.2, 0.25) is 0 Å². The van der Waals surface area contributed by atoms with E-state index in [1.807, 2.05) is 6.07 Å². The van der Waals surface area contributed by atoms with Gasteiger partial charge in [-0.3, -0.25) is 10.1 Å². The number of nitriles is 1. The van der Waals surface area contributed by atoms with Crippen LogP contribution in [0.3, 0.4) is 0 Å². The Morgan fingerprint density at radius 2 is 1.68 bits per heavy atom. The first kappa shape index (κ1) is 17.8. The summed E-state index contributed by atoms with van der Waals surface area (Å²) >= 11 is 0. The van der Waals surface area contributed by atoms with Crippen LogP contribution in [-0.2, 0) is 0 Å². The Morgan fingerprint density at radius 3 is 2.16 bits per heavy atom. The van der Waals surface area contributed by atoms with E-state index in [4.69, 9.17) is 19.5 Å². The predicted octanol–water partition coefficient (Wildman–Crippen LogP) is 3.58. The highest BCUT2D eigenvalue weighted by Crippen LogP contribution is 2.35. The van der Waals surface area contributed by atoms with Crippen LogP contribution in [0.1, 0.15) is 11.1 Å². The average molecular weight is 340 g/mol. The maximum absolute atomic E-state index is 11.1. The molecule has 2 aromatic carbocycles. The molecule has 2 rings (SSSR count).